The Morgan fingerprint density at radius 2 is 1.88 bits per heavy atom. The highest BCUT2D eigenvalue weighted by atomic mass is 32.2. The van der Waals surface area contributed by atoms with E-state index in [-0.39, 0.29) is 18.5 Å². The van der Waals surface area contributed by atoms with E-state index >= 15 is 0 Å². The predicted molar refractivity (Wildman–Crippen MR) is 92.7 cm³/mol. The first-order valence-corrected chi connectivity index (χ1v) is 10.2. The van der Waals surface area contributed by atoms with E-state index in [9.17, 15) is 13.2 Å². The Bertz CT molecular complexity index is 713. The number of amides is 1. The first-order valence-electron chi connectivity index (χ1n) is 8.38. The number of ether oxygens (including phenoxy) is 1. The summed E-state index contributed by atoms with van der Waals surface area (Å²) in [5, 5.41) is 0. The molecule has 1 fully saturated rings. The van der Waals surface area contributed by atoms with Crippen LogP contribution in [-0.2, 0) is 14.8 Å². The van der Waals surface area contributed by atoms with Crippen molar-refractivity contribution in [2.45, 2.75) is 44.2 Å². The van der Waals surface area contributed by atoms with Crippen molar-refractivity contribution in [2.75, 3.05) is 24.2 Å². The number of hydrogen-bond acceptors (Lipinski definition) is 4. The van der Waals surface area contributed by atoms with Crippen molar-refractivity contribution < 1.29 is 17.9 Å². The van der Waals surface area contributed by atoms with Gasteiger partial charge in [-0.25, -0.2) is 8.42 Å². The monoisotopic (exact) mass is 352 g/mol. The van der Waals surface area contributed by atoms with Gasteiger partial charge in [-0.1, -0.05) is 31.4 Å². The van der Waals surface area contributed by atoms with E-state index in [0.29, 0.717) is 11.4 Å². The Morgan fingerprint density at radius 1 is 1.21 bits per heavy atom. The number of nitrogens with zero attached hydrogens (tertiary/aromatic N) is 2. The van der Waals surface area contributed by atoms with Gasteiger partial charge in [0.05, 0.1) is 18.5 Å². The van der Waals surface area contributed by atoms with Crippen LogP contribution in [0.3, 0.4) is 0 Å². The highest BCUT2D eigenvalue weighted by molar-refractivity contribution is 7.92. The fraction of sp³-hybridized carbons (Fsp3) is 0.588. The molecule has 0 saturated heterocycles. The average molecular weight is 352 g/mol. The maximum absolute atomic E-state index is 12.9. The molecule has 1 heterocycles. The molecule has 3 rings (SSSR count). The fourth-order valence-electron chi connectivity index (χ4n) is 3.52. The molecule has 2 aliphatic rings. The van der Waals surface area contributed by atoms with Gasteiger partial charge < -0.3 is 9.64 Å². The Labute approximate surface area is 143 Å². The smallest absolute Gasteiger partial charge is 0.265 e. The average Bonchev–Trinajstić information content (AvgIpc) is 2.59. The zero-order valence-electron chi connectivity index (χ0n) is 14.1. The summed E-state index contributed by atoms with van der Waals surface area (Å²) < 4.78 is 31.4. The van der Waals surface area contributed by atoms with E-state index in [1.807, 2.05) is 0 Å². The molecule has 1 aromatic carbocycles. The normalized spacial score (nSPS) is 21.8. The van der Waals surface area contributed by atoms with Gasteiger partial charge in [-0.3, -0.25) is 9.10 Å². The van der Waals surface area contributed by atoms with Crippen LogP contribution in [0.4, 0.5) is 5.69 Å². The minimum Gasteiger partial charge on any atom is -0.476 e. The standard InChI is InChI=1S/C17H24N2O4S/c1-18(13-8-4-3-5-9-13)17(20)16-12-19(24(2,21)22)14-10-6-7-11-15(14)23-16/h6-7,10-11,13,16H,3-5,8-9,12H2,1-2H3. The minimum atomic E-state index is -3.47. The molecule has 1 atom stereocenters. The molecule has 1 saturated carbocycles. The summed E-state index contributed by atoms with van der Waals surface area (Å²) in [5.41, 5.74) is 0.490. The third-order valence-corrected chi connectivity index (χ3v) is 6.03. The van der Waals surface area contributed by atoms with Gasteiger partial charge in [-0.2, -0.15) is 0 Å². The van der Waals surface area contributed by atoms with Gasteiger partial charge in [0.15, 0.2) is 6.10 Å². The second-order valence-corrected chi connectivity index (χ2v) is 8.52. The number of likely N-dealkylation sites (N-methyl/N-ethyl adjacent to an activating group) is 1. The second-order valence-electron chi connectivity index (χ2n) is 6.61. The first kappa shape index (κ1) is 17.1. The Hall–Kier alpha value is -1.76. The Kier molecular flexibility index (Phi) is 4.71. The van der Waals surface area contributed by atoms with Gasteiger partial charge in [-0.15, -0.1) is 0 Å². The molecule has 0 N–H and O–H groups in total. The number of para-hydroxylation sites is 2. The summed E-state index contributed by atoms with van der Waals surface area (Å²) >= 11 is 0. The molecule has 1 amide bonds. The number of carbonyl (C=O) groups is 1. The van der Waals surface area contributed by atoms with Crippen LogP contribution in [0.5, 0.6) is 5.75 Å². The maximum Gasteiger partial charge on any atom is 0.265 e. The summed E-state index contributed by atoms with van der Waals surface area (Å²) in [6, 6.07) is 7.15. The SMILES string of the molecule is CN(C(=O)C1CN(S(C)(=O)=O)c2ccccc2O1)C1CCCCC1. The number of fused-ring (bicyclic) bond motifs is 1. The van der Waals surface area contributed by atoms with E-state index in [0.717, 1.165) is 31.9 Å². The molecule has 0 radical (unpaired) electrons. The molecular formula is C17H24N2O4S. The van der Waals surface area contributed by atoms with Crippen LogP contribution in [0.25, 0.3) is 0 Å². The Morgan fingerprint density at radius 3 is 2.54 bits per heavy atom. The van der Waals surface area contributed by atoms with E-state index in [1.165, 1.54) is 10.7 Å². The summed E-state index contributed by atoms with van der Waals surface area (Å²) in [5.74, 6) is 0.287. The number of sulfonamides is 1. The topological polar surface area (TPSA) is 66.9 Å². The summed E-state index contributed by atoms with van der Waals surface area (Å²) in [6.45, 7) is 0.0196. The predicted octanol–water partition coefficient (Wildman–Crippen LogP) is 2.00. The van der Waals surface area contributed by atoms with E-state index < -0.39 is 16.1 Å². The lowest BCUT2D eigenvalue weighted by atomic mass is 9.94. The van der Waals surface area contributed by atoms with E-state index in [2.05, 4.69) is 0 Å². The lowest BCUT2D eigenvalue weighted by Crippen LogP contribution is -2.53. The quantitative estimate of drug-likeness (QED) is 0.834. The number of benzene rings is 1. The van der Waals surface area contributed by atoms with Gasteiger partial charge in [0.25, 0.3) is 5.91 Å². The molecule has 7 heteroatoms. The number of carbonyl (C=O) groups excluding carboxylic acids is 1. The molecule has 1 aliphatic heterocycles. The maximum atomic E-state index is 12.9. The van der Waals surface area contributed by atoms with Crippen LogP contribution in [-0.4, -0.2) is 51.2 Å². The van der Waals surface area contributed by atoms with Crippen LogP contribution in [0.15, 0.2) is 24.3 Å². The van der Waals surface area contributed by atoms with Gasteiger partial charge >= 0.3 is 0 Å². The summed E-state index contributed by atoms with van der Waals surface area (Å²) in [7, 11) is -1.68. The molecule has 1 aromatic rings. The third-order valence-electron chi connectivity index (χ3n) is 4.88. The fourth-order valence-corrected chi connectivity index (χ4v) is 4.43. The van der Waals surface area contributed by atoms with E-state index in [4.69, 9.17) is 4.74 Å². The van der Waals surface area contributed by atoms with Gasteiger partial charge in [-0.05, 0) is 25.0 Å². The number of anilines is 1. The van der Waals surface area contributed by atoms with Gasteiger partial charge in [0.2, 0.25) is 10.0 Å². The van der Waals surface area contributed by atoms with Gasteiger partial charge in [0, 0.05) is 13.1 Å². The summed E-state index contributed by atoms with van der Waals surface area (Å²) in [6.07, 6.45) is 5.83. The first-order chi connectivity index (χ1) is 11.4. The van der Waals surface area contributed by atoms with Crippen LogP contribution in [0.2, 0.25) is 0 Å². The number of rotatable bonds is 3. The van der Waals surface area contributed by atoms with Crippen molar-refractivity contribution in [2.24, 2.45) is 0 Å². The Balaban J connectivity index is 1.83. The largest absolute Gasteiger partial charge is 0.476 e. The number of hydrogen-bond donors (Lipinski definition) is 0. The van der Waals surface area contributed by atoms with Crippen LogP contribution in [0.1, 0.15) is 32.1 Å². The van der Waals surface area contributed by atoms with Crippen molar-refractivity contribution in [3.8, 4) is 5.75 Å². The minimum absolute atomic E-state index is 0.0196. The van der Waals surface area contributed by atoms with Gasteiger partial charge in [0.1, 0.15) is 5.75 Å². The van der Waals surface area contributed by atoms with E-state index in [1.54, 1.807) is 36.2 Å². The van der Waals surface area contributed by atoms with Crippen molar-refractivity contribution in [3.63, 3.8) is 0 Å². The zero-order valence-corrected chi connectivity index (χ0v) is 15.0. The van der Waals surface area contributed by atoms with Crippen molar-refractivity contribution in [1.29, 1.82) is 0 Å². The molecular weight excluding hydrogens is 328 g/mol. The van der Waals surface area contributed by atoms with Crippen molar-refractivity contribution in [1.82, 2.24) is 4.90 Å². The lowest BCUT2D eigenvalue weighted by Gasteiger charge is -2.38. The summed E-state index contributed by atoms with van der Waals surface area (Å²) in [4.78, 5) is 14.6. The molecule has 0 bridgehead atoms. The van der Waals surface area contributed by atoms with Crippen LogP contribution in [0, 0.1) is 0 Å². The molecule has 132 valence electrons. The highest BCUT2D eigenvalue weighted by Crippen LogP contribution is 2.35. The molecule has 1 unspecified atom stereocenters. The molecule has 24 heavy (non-hydrogen) atoms. The van der Waals surface area contributed by atoms with Crippen molar-refractivity contribution in [3.05, 3.63) is 24.3 Å². The zero-order chi connectivity index (χ0) is 17.3. The second kappa shape index (κ2) is 6.63. The molecule has 0 aromatic heterocycles. The molecule has 0 spiro atoms. The molecule has 6 nitrogen and oxygen atoms in total. The third kappa shape index (κ3) is 3.36. The van der Waals surface area contributed by atoms with Crippen LogP contribution < -0.4 is 9.04 Å². The molecule has 1 aliphatic carbocycles. The van der Waals surface area contributed by atoms with Crippen LogP contribution >= 0.6 is 0 Å². The lowest BCUT2D eigenvalue weighted by molar-refractivity contribution is -0.139. The highest BCUT2D eigenvalue weighted by Gasteiger charge is 2.37. The van der Waals surface area contributed by atoms with Crippen molar-refractivity contribution >= 4 is 21.6 Å².